The second-order valence-electron chi connectivity index (χ2n) is 3.10. The first-order chi connectivity index (χ1) is 8.15. The Morgan fingerprint density at radius 3 is 2.24 bits per heavy atom. The first-order valence-corrected chi connectivity index (χ1v) is 4.64. The highest BCUT2D eigenvalue weighted by molar-refractivity contribution is 5.82. The number of hydrogen-bond acceptors (Lipinski definition) is 4. The fraction of sp³-hybridized carbons (Fsp3) is 0. The highest BCUT2D eigenvalue weighted by Gasteiger charge is 2.06. The van der Waals surface area contributed by atoms with Gasteiger partial charge in [-0.2, -0.15) is 0 Å². The molecule has 2 rings (SSSR count). The molecule has 1 aromatic heterocycles. The summed E-state index contributed by atoms with van der Waals surface area (Å²) in [6.45, 7) is 0. The smallest absolute Gasteiger partial charge is 0.373 e. The Kier molecular flexibility index (Phi) is 2.95. The van der Waals surface area contributed by atoms with Gasteiger partial charge in [0.2, 0.25) is 5.82 Å². The van der Waals surface area contributed by atoms with Gasteiger partial charge in [0.05, 0.1) is 12.4 Å². The molecular weight excluding hydrogens is 227 g/mol. The van der Waals surface area contributed by atoms with Crippen molar-refractivity contribution < 1.29 is 19.0 Å². The molecule has 0 aliphatic heterocycles. The van der Waals surface area contributed by atoms with Crippen molar-refractivity contribution in [2.45, 2.75) is 0 Å². The minimum atomic E-state index is -1.21. The third kappa shape index (κ3) is 2.75. The first kappa shape index (κ1) is 11.0. The van der Waals surface area contributed by atoms with E-state index in [0.29, 0.717) is 5.75 Å². The number of halogens is 1. The standard InChI is InChI=1S/C11H7FN2O3/c12-7-1-3-8(4-2-7)17-9-5-13-10(11(15)16)14-6-9/h1-6H,(H,15,16). The molecule has 0 atom stereocenters. The number of aromatic nitrogens is 2. The number of carboxylic acids is 1. The molecule has 17 heavy (non-hydrogen) atoms. The van der Waals surface area contributed by atoms with Crippen LogP contribution in [0.3, 0.4) is 0 Å². The summed E-state index contributed by atoms with van der Waals surface area (Å²) in [5, 5.41) is 8.59. The number of hydrogen-bond donors (Lipinski definition) is 1. The first-order valence-electron chi connectivity index (χ1n) is 4.64. The third-order valence-electron chi connectivity index (χ3n) is 1.87. The Labute approximate surface area is 95.5 Å². The monoisotopic (exact) mass is 234 g/mol. The quantitative estimate of drug-likeness (QED) is 0.880. The van der Waals surface area contributed by atoms with Crippen molar-refractivity contribution in [3.05, 3.63) is 48.3 Å². The second-order valence-corrected chi connectivity index (χ2v) is 3.10. The van der Waals surface area contributed by atoms with Crippen LogP contribution in [0.15, 0.2) is 36.7 Å². The summed E-state index contributed by atoms with van der Waals surface area (Å²) in [5.74, 6) is -1.19. The van der Waals surface area contributed by atoms with Crippen molar-refractivity contribution >= 4 is 5.97 Å². The van der Waals surface area contributed by atoms with Crippen LogP contribution in [0.5, 0.6) is 11.5 Å². The summed E-state index contributed by atoms with van der Waals surface area (Å²) in [6.07, 6.45) is 2.47. The van der Waals surface area contributed by atoms with E-state index in [4.69, 9.17) is 9.84 Å². The molecule has 2 aromatic rings. The van der Waals surface area contributed by atoms with Gasteiger partial charge in [0, 0.05) is 0 Å². The molecule has 0 fully saturated rings. The number of carbonyl (C=O) groups is 1. The van der Waals surface area contributed by atoms with Crippen LogP contribution in [-0.4, -0.2) is 21.0 Å². The summed E-state index contributed by atoms with van der Waals surface area (Å²) in [4.78, 5) is 17.7. The van der Waals surface area contributed by atoms with Gasteiger partial charge < -0.3 is 9.84 Å². The van der Waals surface area contributed by atoms with E-state index in [-0.39, 0.29) is 17.4 Å². The fourth-order valence-corrected chi connectivity index (χ4v) is 1.12. The molecule has 1 aromatic carbocycles. The van der Waals surface area contributed by atoms with Crippen LogP contribution in [0.25, 0.3) is 0 Å². The average molecular weight is 234 g/mol. The van der Waals surface area contributed by atoms with Crippen LogP contribution >= 0.6 is 0 Å². The Bertz CT molecular complexity index is 525. The van der Waals surface area contributed by atoms with Crippen LogP contribution < -0.4 is 4.74 Å². The minimum Gasteiger partial charge on any atom is -0.475 e. The second kappa shape index (κ2) is 4.56. The van der Waals surface area contributed by atoms with Gasteiger partial charge in [-0.15, -0.1) is 0 Å². The largest absolute Gasteiger partial charge is 0.475 e. The molecule has 0 unspecified atom stereocenters. The molecular formula is C11H7FN2O3. The van der Waals surface area contributed by atoms with E-state index in [0.717, 1.165) is 0 Å². The van der Waals surface area contributed by atoms with E-state index in [1.54, 1.807) is 0 Å². The zero-order valence-electron chi connectivity index (χ0n) is 8.50. The highest BCUT2D eigenvalue weighted by atomic mass is 19.1. The molecule has 0 radical (unpaired) electrons. The Morgan fingerprint density at radius 2 is 1.71 bits per heavy atom. The van der Waals surface area contributed by atoms with Crippen molar-refractivity contribution in [3.8, 4) is 11.5 Å². The van der Waals surface area contributed by atoms with Crippen LogP contribution in [0, 0.1) is 5.82 Å². The van der Waals surface area contributed by atoms with Crippen LogP contribution in [0.1, 0.15) is 10.6 Å². The summed E-state index contributed by atoms with van der Waals surface area (Å²) in [5.41, 5.74) is 0. The molecule has 5 nitrogen and oxygen atoms in total. The van der Waals surface area contributed by atoms with Crippen molar-refractivity contribution in [1.29, 1.82) is 0 Å². The molecule has 0 saturated heterocycles. The van der Waals surface area contributed by atoms with Gasteiger partial charge in [-0.25, -0.2) is 19.2 Å². The predicted molar refractivity (Wildman–Crippen MR) is 55.5 cm³/mol. The normalized spacial score (nSPS) is 9.94. The maximum atomic E-state index is 12.6. The molecule has 86 valence electrons. The average Bonchev–Trinajstić information content (AvgIpc) is 2.33. The summed E-state index contributed by atoms with van der Waals surface area (Å²) in [7, 11) is 0. The van der Waals surface area contributed by atoms with Crippen LogP contribution in [0.4, 0.5) is 4.39 Å². The number of ether oxygens (including phenoxy) is 1. The summed E-state index contributed by atoms with van der Waals surface area (Å²) in [6, 6.07) is 5.39. The Hall–Kier alpha value is -2.50. The third-order valence-corrected chi connectivity index (χ3v) is 1.87. The lowest BCUT2D eigenvalue weighted by atomic mass is 10.3. The van der Waals surface area contributed by atoms with Crippen molar-refractivity contribution in [2.75, 3.05) is 0 Å². The number of benzene rings is 1. The molecule has 0 amide bonds. The van der Waals surface area contributed by atoms with E-state index < -0.39 is 5.97 Å². The van der Waals surface area contributed by atoms with E-state index >= 15 is 0 Å². The van der Waals surface area contributed by atoms with E-state index in [2.05, 4.69) is 9.97 Å². The van der Waals surface area contributed by atoms with E-state index in [9.17, 15) is 9.18 Å². The van der Waals surface area contributed by atoms with E-state index in [1.165, 1.54) is 36.7 Å². The SMILES string of the molecule is O=C(O)c1ncc(Oc2ccc(F)cc2)cn1. The molecule has 0 bridgehead atoms. The van der Waals surface area contributed by atoms with Gasteiger partial charge in [0.25, 0.3) is 0 Å². The van der Waals surface area contributed by atoms with Gasteiger partial charge in [-0.1, -0.05) is 0 Å². The lowest BCUT2D eigenvalue weighted by molar-refractivity contribution is 0.0683. The highest BCUT2D eigenvalue weighted by Crippen LogP contribution is 2.19. The molecule has 6 heteroatoms. The Balaban J connectivity index is 2.13. The zero-order valence-corrected chi connectivity index (χ0v) is 8.50. The number of nitrogens with zero attached hydrogens (tertiary/aromatic N) is 2. The van der Waals surface area contributed by atoms with Gasteiger partial charge in [0.15, 0.2) is 5.75 Å². The van der Waals surface area contributed by atoms with Gasteiger partial charge in [-0.05, 0) is 24.3 Å². The molecule has 0 saturated carbocycles. The zero-order chi connectivity index (χ0) is 12.3. The summed E-state index contributed by atoms with van der Waals surface area (Å²) >= 11 is 0. The van der Waals surface area contributed by atoms with Crippen molar-refractivity contribution in [2.24, 2.45) is 0 Å². The molecule has 1 N–H and O–H groups in total. The lowest BCUT2D eigenvalue weighted by Gasteiger charge is -2.04. The topological polar surface area (TPSA) is 72.3 Å². The molecule has 0 aliphatic carbocycles. The molecule has 0 aliphatic rings. The molecule has 0 spiro atoms. The predicted octanol–water partition coefficient (Wildman–Crippen LogP) is 2.11. The van der Waals surface area contributed by atoms with Crippen LogP contribution in [-0.2, 0) is 0 Å². The maximum Gasteiger partial charge on any atom is 0.373 e. The van der Waals surface area contributed by atoms with Gasteiger partial charge >= 0.3 is 5.97 Å². The van der Waals surface area contributed by atoms with Crippen LogP contribution in [0.2, 0.25) is 0 Å². The molecule has 1 heterocycles. The van der Waals surface area contributed by atoms with Gasteiger partial charge in [0.1, 0.15) is 11.6 Å². The number of rotatable bonds is 3. The maximum absolute atomic E-state index is 12.6. The fourth-order valence-electron chi connectivity index (χ4n) is 1.12. The Morgan fingerprint density at radius 1 is 1.12 bits per heavy atom. The summed E-state index contributed by atoms with van der Waals surface area (Å²) < 4.78 is 17.9. The van der Waals surface area contributed by atoms with Gasteiger partial charge in [-0.3, -0.25) is 0 Å². The van der Waals surface area contributed by atoms with Crippen molar-refractivity contribution in [1.82, 2.24) is 9.97 Å². The van der Waals surface area contributed by atoms with Crippen molar-refractivity contribution in [3.63, 3.8) is 0 Å². The minimum absolute atomic E-state index is 0.279. The number of aromatic carboxylic acids is 1. The number of carboxylic acid groups (broad SMARTS) is 1. The van der Waals surface area contributed by atoms with E-state index in [1.807, 2.05) is 0 Å². The lowest BCUT2D eigenvalue weighted by Crippen LogP contribution is -2.03.